The zero-order valence-corrected chi connectivity index (χ0v) is 10.9. The third-order valence-electron chi connectivity index (χ3n) is 2.63. The van der Waals surface area contributed by atoms with Crippen LogP contribution >= 0.6 is 23.2 Å². The van der Waals surface area contributed by atoms with Crippen LogP contribution in [-0.4, -0.2) is 23.3 Å². The van der Waals surface area contributed by atoms with E-state index in [1.807, 2.05) is 0 Å². The molecule has 0 saturated carbocycles. The summed E-state index contributed by atoms with van der Waals surface area (Å²) in [5.41, 5.74) is 1.33. The van der Waals surface area contributed by atoms with Crippen molar-refractivity contribution in [1.82, 2.24) is 10.3 Å². The summed E-state index contributed by atoms with van der Waals surface area (Å²) in [5.74, 6) is -0.664. The van der Waals surface area contributed by atoms with Crippen LogP contribution in [0.3, 0.4) is 0 Å². The van der Waals surface area contributed by atoms with Gasteiger partial charge in [0.1, 0.15) is 11.7 Å². The Morgan fingerprint density at radius 2 is 2.22 bits per heavy atom. The number of hydrogen-bond acceptors (Lipinski definition) is 1. The summed E-state index contributed by atoms with van der Waals surface area (Å²) in [5, 5.41) is 3.74. The predicted molar refractivity (Wildman–Crippen MR) is 70.7 cm³/mol. The molecule has 96 valence electrons. The van der Waals surface area contributed by atoms with Gasteiger partial charge in [-0.15, -0.1) is 11.6 Å². The Bertz CT molecular complexity index is 583. The molecule has 1 aromatic heterocycles. The van der Waals surface area contributed by atoms with Crippen LogP contribution in [0.4, 0.5) is 4.39 Å². The first-order valence-corrected chi connectivity index (χ1v) is 6.30. The van der Waals surface area contributed by atoms with Gasteiger partial charge in [0.05, 0.1) is 5.52 Å². The minimum Gasteiger partial charge on any atom is -0.359 e. The summed E-state index contributed by atoms with van der Waals surface area (Å²) < 4.78 is 13.6. The molecule has 6 heteroatoms. The fraction of sp³-hybridized carbons (Fsp3) is 0.250. The number of fused-ring (bicyclic) bond motifs is 1. The number of aromatic amines is 1. The van der Waals surface area contributed by atoms with E-state index in [4.69, 9.17) is 23.2 Å². The van der Waals surface area contributed by atoms with Gasteiger partial charge in [-0.05, 0) is 24.1 Å². The highest BCUT2D eigenvalue weighted by atomic mass is 35.5. The summed E-state index contributed by atoms with van der Waals surface area (Å²) in [4.78, 5) is 13.8. The maximum atomic E-state index is 13.6. The van der Waals surface area contributed by atoms with Crippen molar-refractivity contribution in [3.05, 3.63) is 34.7 Å². The molecule has 0 radical (unpaired) electrons. The van der Waals surface area contributed by atoms with Gasteiger partial charge in [-0.25, -0.2) is 4.39 Å². The van der Waals surface area contributed by atoms with Crippen LogP contribution in [0.2, 0.25) is 5.02 Å². The van der Waals surface area contributed by atoms with Crippen molar-refractivity contribution in [1.29, 1.82) is 0 Å². The predicted octanol–water partition coefficient (Wildman–Crippen LogP) is 2.86. The van der Waals surface area contributed by atoms with Crippen LogP contribution in [-0.2, 0) is 11.2 Å². The molecule has 0 spiro atoms. The van der Waals surface area contributed by atoms with Crippen molar-refractivity contribution in [2.45, 2.75) is 6.42 Å². The number of rotatable bonds is 4. The highest BCUT2D eigenvalue weighted by Gasteiger charge is 2.09. The second-order valence-corrected chi connectivity index (χ2v) is 4.56. The molecule has 2 N–H and O–H groups in total. The summed E-state index contributed by atoms with van der Waals surface area (Å²) in [6.45, 7) is 0.451. The number of benzene rings is 1. The summed E-state index contributed by atoms with van der Waals surface area (Å²) in [6.07, 6.45) is 2.30. The Labute approximate surface area is 113 Å². The molecule has 18 heavy (non-hydrogen) atoms. The number of nitrogens with one attached hydrogen (secondary N) is 2. The van der Waals surface area contributed by atoms with Crippen LogP contribution < -0.4 is 5.32 Å². The topological polar surface area (TPSA) is 44.9 Å². The van der Waals surface area contributed by atoms with Crippen molar-refractivity contribution in [3.63, 3.8) is 0 Å². The zero-order valence-electron chi connectivity index (χ0n) is 9.40. The molecule has 0 aliphatic rings. The molecule has 2 rings (SSSR count). The molecule has 1 heterocycles. The fourth-order valence-electron chi connectivity index (χ4n) is 1.80. The molecule has 3 nitrogen and oxygen atoms in total. The number of amides is 1. The molecule has 0 saturated heterocycles. The van der Waals surface area contributed by atoms with E-state index in [9.17, 15) is 9.18 Å². The molecule has 0 unspecified atom stereocenters. The van der Waals surface area contributed by atoms with Crippen molar-refractivity contribution in [3.8, 4) is 0 Å². The lowest BCUT2D eigenvalue weighted by Crippen LogP contribution is -2.26. The Hall–Kier alpha value is -1.26. The van der Waals surface area contributed by atoms with E-state index in [2.05, 4.69) is 10.3 Å². The molecule has 0 aliphatic carbocycles. The highest BCUT2D eigenvalue weighted by Crippen LogP contribution is 2.25. The third kappa shape index (κ3) is 2.76. The number of carbonyl (C=O) groups excluding carboxylic acids is 1. The molecular weight excluding hydrogens is 278 g/mol. The van der Waals surface area contributed by atoms with Crippen molar-refractivity contribution >= 4 is 40.0 Å². The van der Waals surface area contributed by atoms with Crippen molar-refractivity contribution < 1.29 is 9.18 Å². The highest BCUT2D eigenvalue weighted by molar-refractivity contribution is 6.31. The van der Waals surface area contributed by atoms with E-state index >= 15 is 0 Å². The first-order valence-electron chi connectivity index (χ1n) is 5.39. The molecule has 0 fully saturated rings. The van der Waals surface area contributed by atoms with Gasteiger partial charge in [0.25, 0.3) is 0 Å². The number of hydrogen-bond donors (Lipinski definition) is 2. The van der Waals surface area contributed by atoms with Gasteiger partial charge in [-0.2, -0.15) is 0 Å². The Morgan fingerprint density at radius 1 is 1.44 bits per heavy atom. The van der Waals surface area contributed by atoms with E-state index < -0.39 is 0 Å². The average Bonchev–Trinajstić information content (AvgIpc) is 2.72. The number of halogens is 3. The summed E-state index contributed by atoms with van der Waals surface area (Å²) in [6, 6.07) is 2.97. The molecule has 0 bridgehead atoms. The lowest BCUT2D eigenvalue weighted by Gasteiger charge is -2.02. The van der Waals surface area contributed by atoms with Gasteiger partial charge < -0.3 is 10.3 Å². The normalized spacial score (nSPS) is 10.8. The molecular formula is C12H11Cl2FN2O. The van der Waals surface area contributed by atoms with Gasteiger partial charge >= 0.3 is 0 Å². The van der Waals surface area contributed by atoms with Gasteiger partial charge in [0.2, 0.25) is 5.91 Å². The third-order valence-corrected chi connectivity index (χ3v) is 3.09. The molecule has 1 aromatic carbocycles. The first-order chi connectivity index (χ1) is 8.61. The minimum atomic E-state index is -0.381. The quantitative estimate of drug-likeness (QED) is 0.835. The maximum absolute atomic E-state index is 13.6. The molecule has 0 atom stereocenters. The second kappa shape index (κ2) is 5.59. The van der Waals surface area contributed by atoms with E-state index in [-0.39, 0.29) is 17.6 Å². The lowest BCUT2D eigenvalue weighted by atomic mass is 10.1. The van der Waals surface area contributed by atoms with Crippen LogP contribution in [0.15, 0.2) is 18.3 Å². The van der Waals surface area contributed by atoms with Gasteiger partial charge in [0, 0.05) is 23.2 Å². The first kappa shape index (κ1) is 13.2. The van der Waals surface area contributed by atoms with Gasteiger partial charge in [-0.1, -0.05) is 11.6 Å². The number of carbonyl (C=O) groups is 1. The largest absolute Gasteiger partial charge is 0.359 e. The number of alkyl halides is 1. The minimum absolute atomic E-state index is 0.0612. The van der Waals surface area contributed by atoms with Crippen LogP contribution in [0.1, 0.15) is 5.56 Å². The Kier molecular flexibility index (Phi) is 4.09. The fourth-order valence-corrected chi connectivity index (χ4v) is 2.10. The van der Waals surface area contributed by atoms with E-state index in [1.165, 1.54) is 6.07 Å². The van der Waals surface area contributed by atoms with Crippen LogP contribution in [0.25, 0.3) is 10.9 Å². The second-order valence-electron chi connectivity index (χ2n) is 3.86. The lowest BCUT2D eigenvalue weighted by molar-refractivity contribution is -0.118. The zero-order chi connectivity index (χ0) is 13.1. The van der Waals surface area contributed by atoms with Crippen molar-refractivity contribution in [2.24, 2.45) is 0 Å². The van der Waals surface area contributed by atoms with Gasteiger partial charge in [-0.3, -0.25) is 4.79 Å². The SMILES string of the molecule is O=C(CCl)NCCc1c[nH]c2c(F)cc(Cl)cc12. The van der Waals surface area contributed by atoms with Gasteiger partial charge in [0.15, 0.2) is 0 Å². The van der Waals surface area contributed by atoms with E-state index in [0.29, 0.717) is 23.5 Å². The van der Waals surface area contributed by atoms with E-state index in [1.54, 1.807) is 12.3 Å². The van der Waals surface area contributed by atoms with Crippen LogP contribution in [0, 0.1) is 5.82 Å². The summed E-state index contributed by atoms with van der Waals surface area (Å²) >= 11 is 11.2. The van der Waals surface area contributed by atoms with E-state index in [0.717, 1.165) is 10.9 Å². The van der Waals surface area contributed by atoms with Crippen molar-refractivity contribution in [2.75, 3.05) is 12.4 Å². The molecule has 1 amide bonds. The number of H-pyrrole nitrogens is 1. The average molecular weight is 289 g/mol. The number of aromatic nitrogens is 1. The Morgan fingerprint density at radius 3 is 2.94 bits per heavy atom. The van der Waals surface area contributed by atoms with Crippen LogP contribution in [0.5, 0.6) is 0 Å². The smallest absolute Gasteiger partial charge is 0.234 e. The molecule has 2 aromatic rings. The standard InChI is InChI=1S/C12H11Cl2FN2O/c13-5-11(18)16-2-1-7-6-17-12-9(7)3-8(14)4-10(12)15/h3-4,6,17H,1-2,5H2,(H,16,18). The summed E-state index contributed by atoms with van der Waals surface area (Å²) in [7, 11) is 0. The monoisotopic (exact) mass is 288 g/mol. The molecule has 0 aliphatic heterocycles. The Balaban J connectivity index is 2.16. The maximum Gasteiger partial charge on any atom is 0.234 e.